The molecule has 3 atom stereocenters. The highest BCUT2D eigenvalue weighted by Gasteiger charge is 2.26. The molecule has 1 aliphatic carbocycles. The first kappa shape index (κ1) is 16.0. The van der Waals surface area contributed by atoms with Crippen LogP contribution in [-0.2, 0) is 16.6 Å². The van der Waals surface area contributed by atoms with Crippen molar-refractivity contribution in [1.82, 2.24) is 5.32 Å². The molecule has 0 heterocycles. The Morgan fingerprint density at radius 3 is 2.90 bits per heavy atom. The lowest BCUT2D eigenvalue weighted by Crippen LogP contribution is -2.32. The summed E-state index contributed by atoms with van der Waals surface area (Å²) in [6, 6.07) is 8.34. The molecule has 1 N–H and O–H groups in total. The first-order valence-corrected chi connectivity index (χ1v) is 9.39. The van der Waals surface area contributed by atoms with E-state index in [1.165, 1.54) is 19.3 Å². The third-order valence-corrected chi connectivity index (χ3v) is 5.81. The van der Waals surface area contributed by atoms with Crippen LogP contribution in [0.5, 0.6) is 0 Å². The van der Waals surface area contributed by atoms with E-state index in [9.17, 15) is 4.21 Å². The van der Waals surface area contributed by atoms with Crippen LogP contribution >= 0.6 is 11.6 Å². The average Bonchev–Trinajstić information content (AvgIpc) is 2.87. The standard InChI is InChI=1S/C16H24ClNOS/c1-2-18-16-9-5-7-13(16)10-11-20(19)12-14-6-3-4-8-15(14)17/h3-4,6,8,13,16,18H,2,5,7,9-12H2,1H3. The molecule has 20 heavy (non-hydrogen) atoms. The zero-order valence-electron chi connectivity index (χ0n) is 12.1. The number of hydrogen-bond donors (Lipinski definition) is 1. The summed E-state index contributed by atoms with van der Waals surface area (Å²) >= 11 is 6.12. The molecule has 0 bridgehead atoms. The molecule has 1 aromatic rings. The molecule has 3 unspecified atom stereocenters. The van der Waals surface area contributed by atoms with Crippen LogP contribution in [0, 0.1) is 5.92 Å². The third-order valence-electron chi connectivity index (χ3n) is 4.12. The average molecular weight is 314 g/mol. The minimum atomic E-state index is -0.808. The van der Waals surface area contributed by atoms with Crippen molar-refractivity contribution >= 4 is 22.4 Å². The first-order chi connectivity index (χ1) is 9.70. The van der Waals surface area contributed by atoms with Crippen LogP contribution < -0.4 is 5.32 Å². The van der Waals surface area contributed by atoms with E-state index in [0.29, 0.717) is 17.7 Å². The summed E-state index contributed by atoms with van der Waals surface area (Å²) in [5.41, 5.74) is 1.00. The maximum atomic E-state index is 12.2. The van der Waals surface area contributed by atoms with Gasteiger partial charge in [-0.15, -0.1) is 0 Å². The van der Waals surface area contributed by atoms with Gasteiger partial charge in [-0.1, -0.05) is 43.1 Å². The smallest absolute Gasteiger partial charge is 0.0500 e. The second kappa shape index (κ2) is 8.16. The van der Waals surface area contributed by atoms with Crippen molar-refractivity contribution in [2.45, 2.75) is 44.4 Å². The van der Waals surface area contributed by atoms with Crippen molar-refractivity contribution < 1.29 is 4.21 Å². The zero-order valence-corrected chi connectivity index (χ0v) is 13.7. The van der Waals surface area contributed by atoms with Gasteiger partial charge in [0.1, 0.15) is 0 Å². The van der Waals surface area contributed by atoms with Crippen LogP contribution in [0.25, 0.3) is 0 Å². The van der Waals surface area contributed by atoms with Gasteiger partial charge in [0.15, 0.2) is 0 Å². The van der Waals surface area contributed by atoms with Crippen LogP contribution in [-0.4, -0.2) is 22.5 Å². The molecule has 0 aromatic heterocycles. The molecule has 112 valence electrons. The molecule has 0 radical (unpaired) electrons. The summed E-state index contributed by atoms with van der Waals surface area (Å²) in [5.74, 6) is 2.07. The summed E-state index contributed by atoms with van der Waals surface area (Å²) in [6.45, 7) is 3.19. The van der Waals surface area contributed by atoms with E-state index in [0.717, 1.165) is 29.3 Å². The molecule has 0 spiro atoms. The molecule has 4 heteroatoms. The van der Waals surface area contributed by atoms with Crippen molar-refractivity contribution in [3.05, 3.63) is 34.9 Å². The molecule has 1 aliphatic rings. The van der Waals surface area contributed by atoms with Crippen LogP contribution in [0.4, 0.5) is 0 Å². The van der Waals surface area contributed by atoms with Crippen LogP contribution in [0.2, 0.25) is 5.02 Å². The molecule has 1 aromatic carbocycles. The second-order valence-electron chi connectivity index (χ2n) is 5.52. The number of nitrogens with one attached hydrogen (secondary N) is 1. The number of halogens is 1. The number of rotatable bonds is 7. The molecule has 2 nitrogen and oxygen atoms in total. The zero-order chi connectivity index (χ0) is 14.4. The number of hydrogen-bond acceptors (Lipinski definition) is 2. The maximum absolute atomic E-state index is 12.2. The van der Waals surface area contributed by atoms with Gasteiger partial charge < -0.3 is 5.32 Å². The Bertz CT molecular complexity index is 452. The van der Waals surface area contributed by atoms with E-state index in [1.54, 1.807) is 0 Å². The largest absolute Gasteiger partial charge is 0.314 e. The first-order valence-electron chi connectivity index (χ1n) is 7.52. The molecule has 0 saturated heterocycles. The Morgan fingerprint density at radius 1 is 1.35 bits per heavy atom. The molecule has 1 fully saturated rings. The predicted molar refractivity (Wildman–Crippen MR) is 87.6 cm³/mol. The monoisotopic (exact) mass is 313 g/mol. The Hall–Kier alpha value is -0.380. The lowest BCUT2D eigenvalue weighted by molar-refractivity contribution is 0.399. The van der Waals surface area contributed by atoms with Gasteiger partial charge in [0.2, 0.25) is 0 Å². The van der Waals surface area contributed by atoms with Gasteiger partial charge >= 0.3 is 0 Å². The van der Waals surface area contributed by atoms with Gasteiger partial charge in [-0.05, 0) is 43.4 Å². The fraction of sp³-hybridized carbons (Fsp3) is 0.625. The minimum absolute atomic E-state index is 0.582. The van der Waals surface area contributed by atoms with E-state index < -0.39 is 10.8 Å². The van der Waals surface area contributed by atoms with Crippen molar-refractivity contribution in [2.75, 3.05) is 12.3 Å². The van der Waals surface area contributed by atoms with Gasteiger partial charge in [-0.25, -0.2) is 0 Å². The SMILES string of the molecule is CCNC1CCCC1CCS(=O)Cc1ccccc1Cl. The van der Waals surface area contributed by atoms with Gasteiger partial charge in [0.05, 0.1) is 0 Å². The fourth-order valence-corrected chi connectivity index (χ4v) is 4.65. The van der Waals surface area contributed by atoms with E-state index in [-0.39, 0.29) is 0 Å². The van der Waals surface area contributed by atoms with Gasteiger partial charge in [-0.2, -0.15) is 0 Å². The molecule has 1 saturated carbocycles. The van der Waals surface area contributed by atoms with E-state index in [4.69, 9.17) is 11.6 Å². The van der Waals surface area contributed by atoms with Gasteiger partial charge in [-0.3, -0.25) is 4.21 Å². The summed E-state index contributed by atoms with van der Waals surface area (Å²) < 4.78 is 12.2. The predicted octanol–water partition coefficient (Wildman–Crippen LogP) is 3.76. The molecular formula is C16H24ClNOS. The Morgan fingerprint density at radius 2 is 2.15 bits per heavy atom. The normalized spacial score (nSPS) is 23.9. The fourth-order valence-electron chi connectivity index (χ4n) is 3.06. The van der Waals surface area contributed by atoms with Crippen LogP contribution in [0.15, 0.2) is 24.3 Å². The molecule has 2 rings (SSSR count). The van der Waals surface area contributed by atoms with Crippen LogP contribution in [0.3, 0.4) is 0 Å². The topological polar surface area (TPSA) is 29.1 Å². The summed E-state index contributed by atoms with van der Waals surface area (Å²) in [7, 11) is -0.808. The summed E-state index contributed by atoms with van der Waals surface area (Å²) in [6.07, 6.45) is 4.92. The quantitative estimate of drug-likeness (QED) is 0.830. The van der Waals surface area contributed by atoms with Crippen molar-refractivity contribution in [2.24, 2.45) is 5.92 Å². The molecule has 0 aliphatic heterocycles. The van der Waals surface area contributed by atoms with Crippen molar-refractivity contribution in [3.8, 4) is 0 Å². The Balaban J connectivity index is 1.79. The lowest BCUT2D eigenvalue weighted by Gasteiger charge is -2.20. The van der Waals surface area contributed by atoms with E-state index >= 15 is 0 Å². The Kier molecular flexibility index (Phi) is 6.53. The summed E-state index contributed by atoms with van der Waals surface area (Å²) in [5, 5.41) is 4.29. The van der Waals surface area contributed by atoms with E-state index in [2.05, 4.69) is 12.2 Å². The van der Waals surface area contributed by atoms with Gasteiger partial charge in [0.25, 0.3) is 0 Å². The minimum Gasteiger partial charge on any atom is -0.314 e. The highest BCUT2D eigenvalue weighted by molar-refractivity contribution is 7.84. The lowest BCUT2D eigenvalue weighted by atomic mass is 10.0. The maximum Gasteiger partial charge on any atom is 0.0500 e. The van der Waals surface area contributed by atoms with Crippen molar-refractivity contribution in [1.29, 1.82) is 0 Å². The van der Waals surface area contributed by atoms with E-state index in [1.807, 2.05) is 24.3 Å². The second-order valence-corrected chi connectivity index (χ2v) is 7.51. The van der Waals surface area contributed by atoms with Crippen LogP contribution in [0.1, 0.15) is 38.2 Å². The third kappa shape index (κ3) is 4.57. The molecular weight excluding hydrogens is 290 g/mol. The number of benzene rings is 1. The highest BCUT2D eigenvalue weighted by atomic mass is 35.5. The molecule has 0 amide bonds. The van der Waals surface area contributed by atoms with Gasteiger partial charge in [0, 0.05) is 33.4 Å². The van der Waals surface area contributed by atoms with Crippen molar-refractivity contribution in [3.63, 3.8) is 0 Å². The summed E-state index contributed by atoms with van der Waals surface area (Å²) in [4.78, 5) is 0. The Labute approximate surface area is 129 Å². The highest BCUT2D eigenvalue weighted by Crippen LogP contribution is 2.29.